The third-order valence-corrected chi connectivity index (χ3v) is 3.54. The molecule has 0 saturated heterocycles. The van der Waals surface area contributed by atoms with E-state index in [9.17, 15) is 4.79 Å². The van der Waals surface area contributed by atoms with E-state index in [0.717, 1.165) is 10.9 Å². The average Bonchev–Trinajstić information content (AvgIpc) is 2.25. The molecular formula is C13H16N2OSi. The first-order chi connectivity index (χ1) is 7.94. The molecule has 0 aromatic carbocycles. The van der Waals surface area contributed by atoms with Gasteiger partial charge in [-0.05, 0) is 17.7 Å². The molecule has 0 bridgehead atoms. The second kappa shape index (κ2) is 4.29. The minimum Gasteiger partial charge on any atom is -0.307 e. The number of nitrogens with one attached hydrogen (secondary N) is 1. The number of pyridine rings is 2. The van der Waals surface area contributed by atoms with E-state index in [1.807, 2.05) is 6.07 Å². The molecule has 2 aromatic heterocycles. The van der Waals surface area contributed by atoms with Gasteiger partial charge in [-0.1, -0.05) is 31.4 Å². The number of nitrogens with zero attached hydrogens (tertiary/aromatic N) is 1. The monoisotopic (exact) mass is 244 g/mol. The third-order valence-electron chi connectivity index (χ3n) is 2.37. The summed E-state index contributed by atoms with van der Waals surface area (Å²) in [6.45, 7) is 6.86. The number of rotatable bonds is 2. The van der Waals surface area contributed by atoms with Crippen LogP contribution in [0.2, 0.25) is 19.6 Å². The van der Waals surface area contributed by atoms with Crippen LogP contribution in [-0.4, -0.2) is 18.0 Å². The molecule has 3 nitrogen and oxygen atoms in total. The summed E-state index contributed by atoms with van der Waals surface area (Å²) in [6, 6.07) is 5.36. The van der Waals surface area contributed by atoms with E-state index < -0.39 is 8.07 Å². The summed E-state index contributed by atoms with van der Waals surface area (Å²) in [5.74, 6) is 0. The zero-order chi connectivity index (χ0) is 12.5. The second-order valence-corrected chi connectivity index (χ2v) is 10.3. The van der Waals surface area contributed by atoms with Crippen LogP contribution in [0.15, 0.2) is 34.9 Å². The van der Waals surface area contributed by atoms with Crippen molar-refractivity contribution >= 4 is 25.2 Å². The Morgan fingerprint density at radius 2 is 2.06 bits per heavy atom. The van der Waals surface area contributed by atoms with Crippen LogP contribution in [0.4, 0.5) is 0 Å². The molecule has 0 saturated carbocycles. The molecule has 0 aliphatic heterocycles. The van der Waals surface area contributed by atoms with Gasteiger partial charge in [-0.25, -0.2) is 4.98 Å². The van der Waals surface area contributed by atoms with Gasteiger partial charge in [0.15, 0.2) is 0 Å². The van der Waals surface area contributed by atoms with Crippen molar-refractivity contribution in [1.82, 2.24) is 9.97 Å². The van der Waals surface area contributed by atoms with Crippen LogP contribution in [0, 0.1) is 0 Å². The zero-order valence-corrected chi connectivity index (χ0v) is 11.3. The van der Waals surface area contributed by atoms with E-state index in [1.54, 1.807) is 12.3 Å². The molecule has 0 unspecified atom stereocenters. The molecule has 0 atom stereocenters. The minimum atomic E-state index is -1.18. The van der Waals surface area contributed by atoms with Crippen molar-refractivity contribution < 1.29 is 0 Å². The SMILES string of the molecule is C[Si](C)(C)C=Cc1cnc2[nH]c(=O)ccc2c1. The van der Waals surface area contributed by atoms with Gasteiger partial charge < -0.3 is 4.98 Å². The van der Waals surface area contributed by atoms with Crippen molar-refractivity contribution in [2.45, 2.75) is 19.6 Å². The fraction of sp³-hybridized carbons (Fsp3) is 0.231. The van der Waals surface area contributed by atoms with Crippen molar-refractivity contribution in [3.05, 3.63) is 46.0 Å². The topological polar surface area (TPSA) is 45.8 Å². The summed E-state index contributed by atoms with van der Waals surface area (Å²) < 4.78 is 0. The van der Waals surface area contributed by atoms with Crippen LogP contribution in [0.1, 0.15) is 5.56 Å². The number of aromatic nitrogens is 2. The first-order valence-electron chi connectivity index (χ1n) is 5.62. The standard InChI is InChI=1S/C13H16N2OSi/c1-17(2,3)7-6-10-8-11-4-5-12(16)15-13(11)14-9-10/h4-9H,1-3H3,(H,14,15,16). The molecule has 0 spiro atoms. The second-order valence-electron chi connectivity index (χ2n) is 5.23. The first-order valence-corrected chi connectivity index (χ1v) is 9.20. The van der Waals surface area contributed by atoms with Gasteiger partial charge in [-0.3, -0.25) is 4.79 Å². The predicted octanol–water partition coefficient (Wildman–Crippen LogP) is 2.81. The molecule has 2 heterocycles. The molecule has 17 heavy (non-hydrogen) atoms. The molecule has 1 N–H and O–H groups in total. The summed E-state index contributed by atoms with van der Waals surface area (Å²) in [5.41, 5.74) is 3.88. The van der Waals surface area contributed by atoms with Gasteiger partial charge in [0.05, 0.1) is 8.07 Å². The number of hydrogen-bond acceptors (Lipinski definition) is 2. The van der Waals surface area contributed by atoms with Crippen LogP contribution >= 0.6 is 0 Å². The van der Waals surface area contributed by atoms with Crippen LogP contribution < -0.4 is 5.56 Å². The third kappa shape index (κ3) is 3.14. The number of H-pyrrole nitrogens is 1. The Balaban J connectivity index is 2.42. The Morgan fingerprint density at radius 3 is 2.76 bits per heavy atom. The van der Waals surface area contributed by atoms with Gasteiger partial charge in [0, 0.05) is 17.6 Å². The largest absolute Gasteiger partial charge is 0.307 e. The fourth-order valence-corrected chi connectivity index (χ4v) is 2.18. The van der Waals surface area contributed by atoms with Crippen molar-refractivity contribution in [1.29, 1.82) is 0 Å². The fourth-order valence-electron chi connectivity index (χ4n) is 1.49. The van der Waals surface area contributed by atoms with Crippen molar-refractivity contribution in [3.8, 4) is 0 Å². The Hall–Kier alpha value is -1.68. The number of aromatic amines is 1. The van der Waals surface area contributed by atoms with E-state index in [4.69, 9.17) is 0 Å². The average molecular weight is 244 g/mol. The highest BCUT2D eigenvalue weighted by atomic mass is 28.3. The lowest BCUT2D eigenvalue weighted by molar-refractivity contribution is 1.23. The first kappa shape index (κ1) is 11.8. The van der Waals surface area contributed by atoms with Gasteiger partial charge >= 0.3 is 0 Å². The Kier molecular flexibility index (Phi) is 2.98. The summed E-state index contributed by atoms with van der Waals surface area (Å²) in [6.07, 6.45) is 3.90. The normalized spacial score (nSPS) is 12.4. The van der Waals surface area contributed by atoms with Gasteiger partial charge in [-0.2, -0.15) is 0 Å². The van der Waals surface area contributed by atoms with E-state index >= 15 is 0 Å². The van der Waals surface area contributed by atoms with E-state index in [2.05, 4.69) is 41.4 Å². The Labute approximate surface area is 101 Å². The van der Waals surface area contributed by atoms with Crippen LogP contribution in [0.3, 0.4) is 0 Å². The molecule has 0 fully saturated rings. The van der Waals surface area contributed by atoms with E-state index in [-0.39, 0.29) is 5.56 Å². The van der Waals surface area contributed by atoms with Crippen LogP contribution in [-0.2, 0) is 0 Å². The molecule has 2 aromatic rings. The van der Waals surface area contributed by atoms with Crippen molar-refractivity contribution in [3.63, 3.8) is 0 Å². The lowest BCUT2D eigenvalue weighted by Gasteiger charge is -2.08. The van der Waals surface area contributed by atoms with Gasteiger partial charge in [-0.15, -0.1) is 0 Å². The lowest BCUT2D eigenvalue weighted by Crippen LogP contribution is -2.15. The molecule has 2 rings (SSSR count). The highest BCUT2D eigenvalue weighted by Gasteiger charge is 2.06. The van der Waals surface area contributed by atoms with E-state index in [0.29, 0.717) is 5.65 Å². The number of hydrogen-bond donors (Lipinski definition) is 1. The highest BCUT2D eigenvalue weighted by Crippen LogP contribution is 2.12. The quantitative estimate of drug-likeness (QED) is 0.826. The molecule has 4 heteroatoms. The summed E-state index contributed by atoms with van der Waals surface area (Å²) >= 11 is 0. The van der Waals surface area contributed by atoms with Gasteiger partial charge in [0.2, 0.25) is 5.56 Å². The van der Waals surface area contributed by atoms with Crippen molar-refractivity contribution in [2.24, 2.45) is 0 Å². The molecular weight excluding hydrogens is 228 g/mol. The Bertz CT molecular complexity index is 623. The van der Waals surface area contributed by atoms with Gasteiger partial charge in [0.25, 0.3) is 0 Å². The summed E-state index contributed by atoms with van der Waals surface area (Å²) in [5, 5.41) is 0.960. The maximum Gasteiger partial charge on any atom is 0.249 e. The Morgan fingerprint density at radius 1 is 1.29 bits per heavy atom. The van der Waals surface area contributed by atoms with E-state index in [1.165, 1.54) is 6.07 Å². The smallest absolute Gasteiger partial charge is 0.249 e. The lowest BCUT2D eigenvalue weighted by atomic mass is 10.2. The molecule has 0 aliphatic rings. The summed E-state index contributed by atoms with van der Waals surface area (Å²) in [7, 11) is -1.18. The molecule has 0 amide bonds. The molecule has 0 radical (unpaired) electrons. The maximum absolute atomic E-state index is 11.1. The van der Waals surface area contributed by atoms with Crippen LogP contribution in [0.25, 0.3) is 17.1 Å². The predicted molar refractivity (Wildman–Crippen MR) is 74.7 cm³/mol. The number of fused-ring (bicyclic) bond motifs is 1. The minimum absolute atomic E-state index is 0.115. The highest BCUT2D eigenvalue weighted by molar-refractivity contribution is 6.81. The summed E-state index contributed by atoms with van der Waals surface area (Å²) in [4.78, 5) is 18.1. The molecule has 0 aliphatic carbocycles. The zero-order valence-electron chi connectivity index (χ0n) is 10.3. The van der Waals surface area contributed by atoms with Crippen molar-refractivity contribution in [2.75, 3.05) is 0 Å². The maximum atomic E-state index is 11.1. The molecule has 88 valence electrons. The van der Waals surface area contributed by atoms with Gasteiger partial charge in [0.1, 0.15) is 5.65 Å². The van der Waals surface area contributed by atoms with Crippen LogP contribution in [0.5, 0.6) is 0 Å².